The summed E-state index contributed by atoms with van der Waals surface area (Å²) in [5.74, 6) is 1.60. The predicted octanol–water partition coefficient (Wildman–Crippen LogP) is 0.396. The first kappa shape index (κ1) is 19.0. The molecule has 2 fully saturated rings. The number of halogens is 1. The van der Waals surface area contributed by atoms with Crippen LogP contribution in [0.25, 0.3) is 0 Å². The summed E-state index contributed by atoms with van der Waals surface area (Å²) in [7, 11) is -2.78. The number of rotatable bonds is 4. The number of sulfone groups is 1. The molecule has 0 amide bonds. The van der Waals surface area contributed by atoms with Crippen LogP contribution in [0.1, 0.15) is 19.8 Å². The number of nitrogens with one attached hydrogen (secondary N) is 1. The van der Waals surface area contributed by atoms with Crippen molar-refractivity contribution < 1.29 is 8.42 Å². The third kappa shape index (κ3) is 6.27. The molecule has 124 valence electrons. The number of likely N-dealkylation sites (tertiary alicyclic amines) is 1. The van der Waals surface area contributed by atoms with Crippen molar-refractivity contribution >= 4 is 39.8 Å². The number of aliphatic imine (C=N–C) groups is 1. The van der Waals surface area contributed by atoms with Gasteiger partial charge in [-0.15, -0.1) is 24.0 Å². The molecular formula is C13H27IN4O2S. The minimum absolute atomic E-state index is 0. The molecule has 2 rings (SSSR count). The molecule has 8 heteroatoms. The van der Waals surface area contributed by atoms with Crippen LogP contribution in [0.3, 0.4) is 0 Å². The van der Waals surface area contributed by atoms with Gasteiger partial charge < -0.3 is 10.2 Å². The molecule has 2 aliphatic rings. The van der Waals surface area contributed by atoms with E-state index in [-0.39, 0.29) is 24.0 Å². The van der Waals surface area contributed by atoms with Gasteiger partial charge >= 0.3 is 0 Å². The fraction of sp³-hybridized carbons (Fsp3) is 0.923. The fourth-order valence-electron chi connectivity index (χ4n) is 2.63. The van der Waals surface area contributed by atoms with Gasteiger partial charge in [0.2, 0.25) is 0 Å². The zero-order chi connectivity index (χ0) is 14.4. The van der Waals surface area contributed by atoms with Gasteiger partial charge in [-0.2, -0.15) is 0 Å². The molecule has 0 atom stereocenters. The average molecular weight is 430 g/mol. The standard InChI is InChI=1S/C13H26N4O2S.HI/c1-2-14-13(17-6-3-4-7-17)15-5-8-16-9-11-20(18,19)12-10-16;/h2-12H2,1H3,(H,14,15);1H. The Balaban J connectivity index is 0.00000220. The van der Waals surface area contributed by atoms with E-state index in [0.29, 0.717) is 24.6 Å². The minimum atomic E-state index is -2.78. The van der Waals surface area contributed by atoms with Crippen LogP contribution in [0.15, 0.2) is 4.99 Å². The van der Waals surface area contributed by atoms with Crippen molar-refractivity contribution in [3.05, 3.63) is 0 Å². The zero-order valence-corrected chi connectivity index (χ0v) is 15.9. The Morgan fingerprint density at radius 3 is 2.33 bits per heavy atom. The molecule has 0 aliphatic carbocycles. The fourth-order valence-corrected chi connectivity index (χ4v) is 3.90. The Morgan fingerprint density at radius 1 is 1.14 bits per heavy atom. The summed E-state index contributed by atoms with van der Waals surface area (Å²) < 4.78 is 22.7. The Kier molecular flexibility index (Phi) is 8.25. The van der Waals surface area contributed by atoms with Crippen molar-refractivity contribution in [2.45, 2.75) is 19.8 Å². The monoisotopic (exact) mass is 430 g/mol. The maximum Gasteiger partial charge on any atom is 0.193 e. The van der Waals surface area contributed by atoms with E-state index < -0.39 is 9.84 Å². The lowest BCUT2D eigenvalue weighted by Gasteiger charge is -2.26. The summed E-state index contributed by atoms with van der Waals surface area (Å²) in [5.41, 5.74) is 0. The summed E-state index contributed by atoms with van der Waals surface area (Å²) in [6.45, 7) is 8.04. The second-order valence-corrected chi connectivity index (χ2v) is 7.73. The lowest BCUT2D eigenvalue weighted by Crippen LogP contribution is -2.42. The van der Waals surface area contributed by atoms with Crippen LogP contribution >= 0.6 is 24.0 Å². The van der Waals surface area contributed by atoms with E-state index in [9.17, 15) is 8.42 Å². The highest BCUT2D eigenvalue weighted by Crippen LogP contribution is 2.07. The van der Waals surface area contributed by atoms with E-state index in [1.54, 1.807) is 0 Å². The summed E-state index contributed by atoms with van der Waals surface area (Å²) in [6.07, 6.45) is 2.49. The van der Waals surface area contributed by atoms with Crippen LogP contribution in [0.2, 0.25) is 0 Å². The molecule has 6 nitrogen and oxygen atoms in total. The SMILES string of the molecule is CCNC(=NCCN1CCS(=O)(=O)CC1)N1CCCC1.I. The highest BCUT2D eigenvalue weighted by molar-refractivity contribution is 14.0. The average Bonchev–Trinajstić information content (AvgIpc) is 2.93. The first-order valence-corrected chi connectivity index (χ1v) is 9.39. The van der Waals surface area contributed by atoms with E-state index >= 15 is 0 Å². The van der Waals surface area contributed by atoms with Gasteiger partial charge in [0.15, 0.2) is 15.8 Å². The van der Waals surface area contributed by atoms with Gasteiger partial charge in [-0.1, -0.05) is 0 Å². The molecule has 0 radical (unpaired) electrons. The Bertz CT molecular complexity index is 421. The minimum Gasteiger partial charge on any atom is -0.357 e. The van der Waals surface area contributed by atoms with Gasteiger partial charge in [-0.05, 0) is 19.8 Å². The van der Waals surface area contributed by atoms with E-state index in [1.807, 2.05) is 0 Å². The maximum atomic E-state index is 11.4. The molecule has 2 aliphatic heterocycles. The molecule has 21 heavy (non-hydrogen) atoms. The smallest absolute Gasteiger partial charge is 0.193 e. The van der Waals surface area contributed by atoms with Crippen molar-refractivity contribution in [3.63, 3.8) is 0 Å². The lowest BCUT2D eigenvalue weighted by molar-refractivity contribution is 0.303. The number of hydrogen-bond acceptors (Lipinski definition) is 4. The van der Waals surface area contributed by atoms with Crippen LogP contribution in [-0.4, -0.2) is 81.5 Å². The lowest BCUT2D eigenvalue weighted by atomic mass is 10.4. The second-order valence-electron chi connectivity index (χ2n) is 5.42. The van der Waals surface area contributed by atoms with E-state index in [4.69, 9.17) is 0 Å². The van der Waals surface area contributed by atoms with Crippen molar-refractivity contribution in [2.24, 2.45) is 4.99 Å². The van der Waals surface area contributed by atoms with Gasteiger partial charge in [0, 0.05) is 39.3 Å². The van der Waals surface area contributed by atoms with Gasteiger partial charge in [-0.25, -0.2) is 8.42 Å². The second kappa shape index (κ2) is 9.14. The van der Waals surface area contributed by atoms with Crippen molar-refractivity contribution in [1.29, 1.82) is 0 Å². The molecule has 1 N–H and O–H groups in total. The molecule has 0 bridgehead atoms. The largest absolute Gasteiger partial charge is 0.357 e. The van der Waals surface area contributed by atoms with E-state index in [2.05, 4.69) is 27.0 Å². The Hall–Kier alpha value is -0.0900. The van der Waals surface area contributed by atoms with E-state index in [0.717, 1.165) is 38.7 Å². The molecule has 0 unspecified atom stereocenters. The molecule has 0 aromatic rings. The topological polar surface area (TPSA) is 65.0 Å². The third-order valence-corrected chi connectivity index (χ3v) is 5.46. The predicted molar refractivity (Wildman–Crippen MR) is 97.3 cm³/mol. The first-order chi connectivity index (χ1) is 9.61. The molecular weight excluding hydrogens is 403 g/mol. The number of hydrogen-bond donors (Lipinski definition) is 1. The summed E-state index contributed by atoms with van der Waals surface area (Å²) in [4.78, 5) is 9.17. The molecule has 0 spiro atoms. The molecule has 0 saturated carbocycles. The molecule has 2 heterocycles. The first-order valence-electron chi connectivity index (χ1n) is 7.57. The Labute approximate surface area is 145 Å². The molecule has 2 saturated heterocycles. The number of guanidine groups is 1. The number of nitrogens with zero attached hydrogens (tertiary/aromatic N) is 3. The van der Waals surface area contributed by atoms with E-state index in [1.165, 1.54) is 12.8 Å². The highest BCUT2D eigenvalue weighted by Gasteiger charge is 2.21. The third-order valence-electron chi connectivity index (χ3n) is 3.86. The summed E-state index contributed by atoms with van der Waals surface area (Å²) in [6, 6.07) is 0. The van der Waals surface area contributed by atoms with Crippen LogP contribution in [-0.2, 0) is 9.84 Å². The van der Waals surface area contributed by atoms with Crippen LogP contribution in [0.4, 0.5) is 0 Å². The van der Waals surface area contributed by atoms with Crippen molar-refractivity contribution in [1.82, 2.24) is 15.1 Å². The van der Waals surface area contributed by atoms with Crippen molar-refractivity contribution in [3.8, 4) is 0 Å². The van der Waals surface area contributed by atoms with Crippen molar-refractivity contribution in [2.75, 3.05) is 57.3 Å². The zero-order valence-electron chi connectivity index (χ0n) is 12.8. The Morgan fingerprint density at radius 2 is 1.76 bits per heavy atom. The van der Waals surface area contributed by atoms with Gasteiger partial charge in [0.05, 0.1) is 18.1 Å². The van der Waals surface area contributed by atoms with Crippen LogP contribution < -0.4 is 5.32 Å². The maximum absolute atomic E-state index is 11.4. The molecule has 0 aromatic carbocycles. The normalized spacial score (nSPS) is 22.9. The van der Waals surface area contributed by atoms with Gasteiger partial charge in [0.1, 0.15) is 0 Å². The van der Waals surface area contributed by atoms with Gasteiger partial charge in [0.25, 0.3) is 0 Å². The summed E-state index contributed by atoms with van der Waals surface area (Å²) in [5, 5.41) is 3.34. The molecule has 0 aromatic heterocycles. The summed E-state index contributed by atoms with van der Waals surface area (Å²) >= 11 is 0. The quantitative estimate of drug-likeness (QED) is 0.398. The highest BCUT2D eigenvalue weighted by atomic mass is 127. The van der Waals surface area contributed by atoms with Crippen LogP contribution in [0, 0.1) is 0 Å². The van der Waals surface area contributed by atoms with Crippen LogP contribution in [0.5, 0.6) is 0 Å². The van der Waals surface area contributed by atoms with Gasteiger partial charge in [-0.3, -0.25) is 9.89 Å².